The van der Waals surface area contributed by atoms with Gasteiger partial charge in [-0.15, -0.1) is 0 Å². The second-order valence-electron chi connectivity index (χ2n) is 6.67. The van der Waals surface area contributed by atoms with Gasteiger partial charge >= 0.3 is 0 Å². The smallest absolute Gasteiger partial charge is 0.288 e. The predicted octanol–water partition coefficient (Wildman–Crippen LogP) is 2.98. The Labute approximate surface area is 126 Å². The highest BCUT2D eigenvalue weighted by atomic mass is 16.3. The molecule has 3 nitrogen and oxygen atoms in total. The van der Waals surface area contributed by atoms with Gasteiger partial charge in [-0.25, -0.2) is 0 Å². The zero-order chi connectivity index (χ0) is 15.0. The first-order valence-corrected chi connectivity index (χ1v) is 8.48. The summed E-state index contributed by atoms with van der Waals surface area (Å²) >= 11 is 0. The topological polar surface area (TPSA) is 43.7 Å². The number of nitrogens with zero attached hydrogens (tertiary/aromatic N) is 1. The zero-order valence-electron chi connectivity index (χ0n) is 13.6. The summed E-state index contributed by atoms with van der Waals surface area (Å²) in [6.45, 7) is 7.60. The second kappa shape index (κ2) is 9.06. The van der Waals surface area contributed by atoms with E-state index in [9.17, 15) is 5.11 Å². The van der Waals surface area contributed by atoms with Crippen LogP contribution >= 0.6 is 0 Å². The minimum atomic E-state index is -0.230. The summed E-state index contributed by atoms with van der Waals surface area (Å²) in [6, 6.07) is 0.303. The number of unbranched alkanes of at least 4 members (excludes halogenated alkanes) is 3. The molecule has 1 fully saturated rings. The van der Waals surface area contributed by atoms with Crippen molar-refractivity contribution >= 4 is 7.48 Å². The van der Waals surface area contributed by atoms with Crippen molar-refractivity contribution < 1.29 is 10.1 Å². The largest absolute Gasteiger partial charge is 0.454 e. The summed E-state index contributed by atoms with van der Waals surface area (Å²) in [5.41, 5.74) is 0.174. The van der Waals surface area contributed by atoms with Crippen LogP contribution in [-0.4, -0.2) is 46.7 Å². The Kier molecular flexibility index (Phi) is 8.15. The van der Waals surface area contributed by atoms with Crippen molar-refractivity contribution in [1.29, 1.82) is 0 Å². The number of rotatable bonds is 10. The molecule has 1 aliphatic rings. The highest BCUT2D eigenvalue weighted by Gasteiger charge is 2.41. The minimum Gasteiger partial charge on any atom is -0.454 e. The van der Waals surface area contributed by atoms with Crippen molar-refractivity contribution in [2.24, 2.45) is 0 Å². The van der Waals surface area contributed by atoms with E-state index in [0.717, 1.165) is 13.0 Å². The van der Waals surface area contributed by atoms with Gasteiger partial charge in [0.15, 0.2) is 0 Å². The Balaban J connectivity index is 2.65. The first kappa shape index (κ1) is 18.0. The summed E-state index contributed by atoms with van der Waals surface area (Å²) in [4.78, 5) is 2.47. The lowest BCUT2D eigenvalue weighted by molar-refractivity contribution is 0.0635. The molecule has 0 spiro atoms. The molecular formula is C16H33BNO2. The zero-order valence-corrected chi connectivity index (χ0v) is 13.6. The van der Waals surface area contributed by atoms with E-state index in [1.165, 1.54) is 52.4 Å². The molecule has 1 saturated heterocycles. The van der Waals surface area contributed by atoms with E-state index < -0.39 is 0 Å². The molecule has 2 N–H and O–H groups in total. The molecule has 117 valence electrons. The van der Waals surface area contributed by atoms with Gasteiger partial charge in [-0.1, -0.05) is 46.0 Å². The molecule has 0 amide bonds. The van der Waals surface area contributed by atoms with Crippen LogP contribution in [0.5, 0.6) is 0 Å². The van der Waals surface area contributed by atoms with Crippen molar-refractivity contribution in [1.82, 2.24) is 4.90 Å². The second-order valence-corrected chi connectivity index (χ2v) is 6.67. The number of hydrogen-bond donors (Lipinski definition) is 2. The minimum absolute atomic E-state index is 0.174. The van der Waals surface area contributed by atoms with Crippen molar-refractivity contribution in [3.8, 4) is 0 Å². The molecule has 1 radical (unpaired) electrons. The lowest BCUT2D eigenvalue weighted by atomic mass is 9.83. The number of aliphatic hydroxyl groups is 1. The summed E-state index contributed by atoms with van der Waals surface area (Å²) in [6.07, 6.45) is 9.96. The molecule has 1 rings (SSSR count). The summed E-state index contributed by atoms with van der Waals surface area (Å²) < 4.78 is 0. The Morgan fingerprint density at radius 1 is 1.15 bits per heavy atom. The Hall–Kier alpha value is -0.0551. The third kappa shape index (κ3) is 5.05. The maximum atomic E-state index is 10.0. The molecule has 0 aromatic carbocycles. The fourth-order valence-corrected chi connectivity index (χ4v) is 3.78. The van der Waals surface area contributed by atoms with Crippen LogP contribution in [0, 0.1) is 0 Å². The van der Waals surface area contributed by atoms with Crippen molar-refractivity contribution in [2.75, 3.05) is 6.54 Å². The number of β-amino-alcohol motifs (C(OH)–C–C–N with tert-alkyl or cyclic N) is 1. The molecule has 0 aliphatic carbocycles. The normalized spacial score (nSPS) is 26.6. The van der Waals surface area contributed by atoms with Crippen LogP contribution in [0.4, 0.5) is 0 Å². The molecule has 0 aromatic heterocycles. The Bertz CT molecular complexity index is 265. The molecule has 1 aliphatic heterocycles. The van der Waals surface area contributed by atoms with Crippen molar-refractivity contribution in [3.05, 3.63) is 0 Å². The lowest BCUT2D eigenvalue weighted by Crippen LogP contribution is -2.49. The highest BCUT2D eigenvalue weighted by Crippen LogP contribution is 2.35. The average molecular weight is 282 g/mol. The van der Waals surface area contributed by atoms with E-state index in [2.05, 4.69) is 25.7 Å². The summed E-state index contributed by atoms with van der Waals surface area (Å²) in [5, 5.41) is 19.1. The maximum Gasteiger partial charge on any atom is 0.288 e. The maximum absolute atomic E-state index is 10.0. The quantitative estimate of drug-likeness (QED) is 0.478. The van der Waals surface area contributed by atoms with Crippen LogP contribution in [0.25, 0.3) is 0 Å². The number of likely N-dealkylation sites (tertiary alicyclic amines) is 1. The van der Waals surface area contributed by atoms with E-state index in [4.69, 9.17) is 5.02 Å². The van der Waals surface area contributed by atoms with E-state index in [-0.39, 0.29) is 11.6 Å². The molecule has 3 atom stereocenters. The third-order valence-corrected chi connectivity index (χ3v) is 4.82. The van der Waals surface area contributed by atoms with Gasteiger partial charge in [0.25, 0.3) is 7.48 Å². The molecule has 20 heavy (non-hydrogen) atoms. The van der Waals surface area contributed by atoms with Crippen LogP contribution in [0.1, 0.15) is 72.1 Å². The van der Waals surface area contributed by atoms with E-state index in [1.807, 2.05) is 0 Å². The van der Waals surface area contributed by atoms with Crippen molar-refractivity contribution in [3.63, 3.8) is 0 Å². The Morgan fingerprint density at radius 2 is 1.90 bits per heavy atom. The van der Waals surface area contributed by atoms with E-state index in [1.54, 1.807) is 0 Å². The van der Waals surface area contributed by atoms with Crippen LogP contribution in [0.15, 0.2) is 0 Å². The standard InChI is InChI=1S/C16H33BNO2/c1-4-6-7-8-10-16(3,9-5-2)18-13-15(19)11-14(18)12-17-20/h14-15,19-20H,4-13H2,1-3H3. The van der Waals surface area contributed by atoms with Gasteiger partial charge < -0.3 is 10.1 Å². The predicted molar refractivity (Wildman–Crippen MR) is 86.0 cm³/mol. The molecule has 0 aromatic rings. The fraction of sp³-hybridized carbons (Fsp3) is 1.00. The lowest BCUT2D eigenvalue weighted by Gasteiger charge is -2.43. The molecule has 1 heterocycles. The van der Waals surface area contributed by atoms with Crippen LogP contribution in [0.2, 0.25) is 6.32 Å². The van der Waals surface area contributed by atoms with Gasteiger partial charge in [0.1, 0.15) is 0 Å². The summed E-state index contributed by atoms with van der Waals surface area (Å²) in [5.74, 6) is 0. The Morgan fingerprint density at radius 3 is 2.50 bits per heavy atom. The molecule has 4 heteroatoms. The number of hydrogen-bond acceptors (Lipinski definition) is 3. The highest BCUT2D eigenvalue weighted by molar-refractivity contribution is 6.25. The molecule has 0 bridgehead atoms. The van der Waals surface area contributed by atoms with Gasteiger partial charge in [-0.2, -0.15) is 0 Å². The van der Waals surface area contributed by atoms with Gasteiger partial charge in [-0.3, -0.25) is 4.90 Å². The van der Waals surface area contributed by atoms with Gasteiger partial charge in [-0.05, 0) is 32.5 Å². The molecular weight excluding hydrogens is 249 g/mol. The first-order chi connectivity index (χ1) is 9.57. The van der Waals surface area contributed by atoms with E-state index in [0.29, 0.717) is 12.4 Å². The van der Waals surface area contributed by atoms with Crippen molar-refractivity contribution in [2.45, 2.75) is 96.1 Å². The third-order valence-electron chi connectivity index (χ3n) is 4.82. The molecule has 0 saturated carbocycles. The number of aliphatic hydroxyl groups excluding tert-OH is 1. The van der Waals surface area contributed by atoms with Gasteiger partial charge in [0.2, 0.25) is 0 Å². The van der Waals surface area contributed by atoms with Crippen LogP contribution in [-0.2, 0) is 0 Å². The fourth-order valence-electron chi connectivity index (χ4n) is 3.78. The average Bonchev–Trinajstić information content (AvgIpc) is 2.77. The van der Waals surface area contributed by atoms with Crippen LogP contribution < -0.4 is 0 Å². The van der Waals surface area contributed by atoms with Gasteiger partial charge in [0, 0.05) is 18.1 Å². The van der Waals surface area contributed by atoms with Gasteiger partial charge in [0.05, 0.1) is 6.10 Å². The summed E-state index contributed by atoms with van der Waals surface area (Å²) in [7, 11) is 1.26. The van der Waals surface area contributed by atoms with E-state index >= 15 is 0 Å². The molecule has 3 unspecified atom stereocenters. The SMILES string of the molecule is CCCCCCC(C)(CCC)N1CC(O)CC1C[B]O. The van der Waals surface area contributed by atoms with Crippen LogP contribution in [0.3, 0.4) is 0 Å². The first-order valence-electron chi connectivity index (χ1n) is 8.48. The monoisotopic (exact) mass is 282 g/mol.